The molecule has 0 heterocycles. The SMILES string of the molecule is CC1[C@H]2Cc3ccccc3[C@@]12N. The lowest BCUT2D eigenvalue weighted by molar-refractivity contribution is 0.661. The van der Waals surface area contributed by atoms with Crippen molar-refractivity contribution in [2.45, 2.75) is 18.9 Å². The van der Waals surface area contributed by atoms with Crippen molar-refractivity contribution in [3.8, 4) is 0 Å². The van der Waals surface area contributed by atoms with Crippen LogP contribution in [0.4, 0.5) is 0 Å². The molecule has 1 aromatic carbocycles. The summed E-state index contributed by atoms with van der Waals surface area (Å²) in [5, 5.41) is 0. The Hall–Kier alpha value is -0.820. The molecule has 1 saturated carbocycles. The highest BCUT2D eigenvalue weighted by Gasteiger charge is 2.64. The quantitative estimate of drug-likeness (QED) is 0.612. The summed E-state index contributed by atoms with van der Waals surface area (Å²) in [4.78, 5) is 0. The summed E-state index contributed by atoms with van der Waals surface area (Å²) in [6.45, 7) is 2.26. The van der Waals surface area contributed by atoms with Gasteiger partial charge in [-0.05, 0) is 29.4 Å². The van der Waals surface area contributed by atoms with Crippen molar-refractivity contribution >= 4 is 0 Å². The van der Waals surface area contributed by atoms with Gasteiger partial charge in [0.25, 0.3) is 0 Å². The lowest BCUT2D eigenvalue weighted by Crippen LogP contribution is -2.21. The highest BCUT2D eigenvalue weighted by atomic mass is 14.9. The summed E-state index contributed by atoms with van der Waals surface area (Å²) in [6, 6.07) is 8.61. The topological polar surface area (TPSA) is 26.0 Å². The maximum absolute atomic E-state index is 6.31. The van der Waals surface area contributed by atoms with Gasteiger partial charge in [0, 0.05) is 5.54 Å². The van der Waals surface area contributed by atoms with Gasteiger partial charge in [-0.15, -0.1) is 0 Å². The molecule has 1 nitrogen and oxygen atoms in total. The Morgan fingerprint density at radius 2 is 2.17 bits per heavy atom. The maximum Gasteiger partial charge on any atom is 0.0476 e. The van der Waals surface area contributed by atoms with Crippen molar-refractivity contribution in [1.82, 2.24) is 0 Å². The summed E-state index contributed by atoms with van der Waals surface area (Å²) < 4.78 is 0. The first kappa shape index (κ1) is 6.67. The molecule has 0 radical (unpaired) electrons. The van der Waals surface area contributed by atoms with Crippen molar-refractivity contribution in [2.24, 2.45) is 17.6 Å². The molecule has 62 valence electrons. The monoisotopic (exact) mass is 159 g/mol. The number of rotatable bonds is 0. The molecule has 0 bridgehead atoms. The number of benzene rings is 1. The fraction of sp³-hybridized carbons (Fsp3) is 0.455. The second-order valence-electron chi connectivity index (χ2n) is 4.19. The molecule has 1 fully saturated rings. The lowest BCUT2D eigenvalue weighted by atomic mass is 10.0. The van der Waals surface area contributed by atoms with Crippen LogP contribution in [0.1, 0.15) is 18.1 Å². The molecule has 0 amide bonds. The van der Waals surface area contributed by atoms with Crippen LogP contribution in [0.5, 0.6) is 0 Å². The van der Waals surface area contributed by atoms with Crippen molar-refractivity contribution < 1.29 is 0 Å². The minimum Gasteiger partial charge on any atom is -0.321 e. The molecule has 3 rings (SSSR count). The average molecular weight is 159 g/mol. The summed E-state index contributed by atoms with van der Waals surface area (Å²) in [6.07, 6.45) is 1.20. The van der Waals surface area contributed by atoms with E-state index in [-0.39, 0.29) is 5.54 Å². The highest BCUT2D eigenvalue weighted by Crippen LogP contribution is 2.62. The molecule has 2 aliphatic carbocycles. The third-order valence-electron chi connectivity index (χ3n) is 3.79. The number of nitrogens with two attached hydrogens (primary N) is 1. The van der Waals surface area contributed by atoms with Gasteiger partial charge in [0.1, 0.15) is 0 Å². The molecular formula is C11H13N. The van der Waals surface area contributed by atoms with Crippen molar-refractivity contribution in [1.29, 1.82) is 0 Å². The van der Waals surface area contributed by atoms with E-state index in [0.717, 1.165) is 5.92 Å². The van der Waals surface area contributed by atoms with E-state index in [1.165, 1.54) is 17.5 Å². The van der Waals surface area contributed by atoms with Gasteiger partial charge in [0.2, 0.25) is 0 Å². The normalized spacial score (nSPS) is 42.2. The molecule has 0 saturated heterocycles. The third-order valence-corrected chi connectivity index (χ3v) is 3.79. The predicted molar refractivity (Wildman–Crippen MR) is 48.7 cm³/mol. The van der Waals surface area contributed by atoms with E-state index in [4.69, 9.17) is 5.73 Å². The predicted octanol–water partition coefficient (Wildman–Crippen LogP) is 1.66. The van der Waals surface area contributed by atoms with Gasteiger partial charge in [0.05, 0.1) is 0 Å². The molecule has 12 heavy (non-hydrogen) atoms. The minimum atomic E-state index is 0.0522. The molecule has 1 unspecified atom stereocenters. The molecule has 0 spiro atoms. The van der Waals surface area contributed by atoms with Gasteiger partial charge in [-0.25, -0.2) is 0 Å². The van der Waals surface area contributed by atoms with Gasteiger partial charge in [-0.2, -0.15) is 0 Å². The van der Waals surface area contributed by atoms with Crippen LogP contribution in [-0.4, -0.2) is 0 Å². The molecule has 0 aromatic heterocycles. The largest absolute Gasteiger partial charge is 0.321 e. The molecule has 0 aliphatic heterocycles. The number of fused-ring (bicyclic) bond motifs is 3. The Labute approximate surface area is 72.6 Å². The molecule has 2 aliphatic rings. The Balaban J connectivity index is 2.19. The maximum atomic E-state index is 6.31. The Morgan fingerprint density at radius 3 is 3.00 bits per heavy atom. The Morgan fingerprint density at radius 1 is 1.42 bits per heavy atom. The molecule has 3 atom stereocenters. The fourth-order valence-electron chi connectivity index (χ4n) is 2.83. The smallest absolute Gasteiger partial charge is 0.0476 e. The van der Waals surface area contributed by atoms with Crippen LogP contribution in [-0.2, 0) is 12.0 Å². The number of hydrogen-bond donors (Lipinski definition) is 1. The van der Waals surface area contributed by atoms with Crippen molar-refractivity contribution in [3.05, 3.63) is 35.4 Å². The number of hydrogen-bond acceptors (Lipinski definition) is 1. The molecule has 2 N–H and O–H groups in total. The van der Waals surface area contributed by atoms with E-state index in [0.29, 0.717) is 5.92 Å². The van der Waals surface area contributed by atoms with Gasteiger partial charge in [0.15, 0.2) is 0 Å². The van der Waals surface area contributed by atoms with Gasteiger partial charge in [-0.1, -0.05) is 31.2 Å². The van der Waals surface area contributed by atoms with E-state index >= 15 is 0 Å². The highest BCUT2D eigenvalue weighted by molar-refractivity contribution is 5.47. The third kappa shape index (κ3) is 0.526. The van der Waals surface area contributed by atoms with E-state index < -0.39 is 0 Å². The fourth-order valence-corrected chi connectivity index (χ4v) is 2.83. The summed E-state index contributed by atoms with van der Waals surface area (Å²) in [7, 11) is 0. The molecular weight excluding hydrogens is 146 g/mol. The summed E-state index contributed by atoms with van der Waals surface area (Å²) >= 11 is 0. The van der Waals surface area contributed by atoms with Crippen LogP contribution in [0.3, 0.4) is 0 Å². The van der Waals surface area contributed by atoms with Crippen LogP contribution in [0.15, 0.2) is 24.3 Å². The first-order valence-corrected chi connectivity index (χ1v) is 4.62. The van der Waals surface area contributed by atoms with Crippen LogP contribution < -0.4 is 5.73 Å². The van der Waals surface area contributed by atoms with Crippen LogP contribution in [0, 0.1) is 11.8 Å². The van der Waals surface area contributed by atoms with E-state index in [9.17, 15) is 0 Å². The minimum absolute atomic E-state index is 0.0522. The molecule has 1 aromatic rings. The van der Waals surface area contributed by atoms with E-state index in [1.807, 2.05) is 0 Å². The van der Waals surface area contributed by atoms with Crippen molar-refractivity contribution in [2.75, 3.05) is 0 Å². The van der Waals surface area contributed by atoms with E-state index in [1.54, 1.807) is 0 Å². The Bertz CT molecular complexity index is 345. The standard InChI is InChI=1S/C11H13N/c1-7-10-6-8-4-2-3-5-9(8)11(7,10)12/h2-5,7,10H,6,12H2,1H3/t7?,10-,11+/m1/s1. The zero-order valence-corrected chi connectivity index (χ0v) is 7.25. The van der Waals surface area contributed by atoms with Gasteiger partial charge < -0.3 is 5.73 Å². The van der Waals surface area contributed by atoms with Crippen LogP contribution in [0.2, 0.25) is 0 Å². The second-order valence-corrected chi connectivity index (χ2v) is 4.19. The van der Waals surface area contributed by atoms with Crippen LogP contribution in [0.25, 0.3) is 0 Å². The zero-order valence-electron chi connectivity index (χ0n) is 7.25. The van der Waals surface area contributed by atoms with Crippen molar-refractivity contribution in [3.63, 3.8) is 0 Å². The average Bonchev–Trinajstić information content (AvgIpc) is 2.51. The zero-order chi connectivity index (χ0) is 8.34. The lowest BCUT2D eigenvalue weighted by Gasteiger charge is -2.10. The molecule has 1 heteroatoms. The van der Waals surface area contributed by atoms with Gasteiger partial charge in [-0.3, -0.25) is 0 Å². The summed E-state index contributed by atoms with van der Waals surface area (Å²) in [5.41, 5.74) is 9.24. The Kier molecular flexibility index (Phi) is 0.969. The van der Waals surface area contributed by atoms with Crippen LogP contribution >= 0.6 is 0 Å². The first-order valence-electron chi connectivity index (χ1n) is 4.62. The second kappa shape index (κ2) is 1.74. The summed E-state index contributed by atoms with van der Waals surface area (Å²) in [5.74, 6) is 1.43. The van der Waals surface area contributed by atoms with E-state index in [2.05, 4.69) is 31.2 Å². The first-order chi connectivity index (χ1) is 5.74. The van der Waals surface area contributed by atoms with Gasteiger partial charge >= 0.3 is 0 Å².